The minimum Gasteiger partial charge on any atom is -0.298 e. The minimum atomic E-state index is -0.137. The molecule has 0 aliphatic carbocycles. The molecule has 0 atom stereocenters. The van der Waals surface area contributed by atoms with Gasteiger partial charge in [-0.05, 0) is 25.0 Å². The second-order valence-electron chi connectivity index (χ2n) is 4.18. The van der Waals surface area contributed by atoms with Crippen molar-refractivity contribution in [1.29, 1.82) is 0 Å². The Morgan fingerprint density at radius 1 is 1.32 bits per heavy atom. The molecule has 0 bridgehead atoms. The molecule has 0 aliphatic heterocycles. The molecule has 2 aromatic rings. The molecule has 5 heteroatoms. The SMILES string of the molecule is CCCc1nc(NC(=O)c2ccncc2)sc1CC. The summed E-state index contributed by atoms with van der Waals surface area (Å²) in [6, 6.07) is 3.38. The first kappa shape index (κ1) is 13.7. The average Bonchev–Trinajstić information content (AvgIpc) is 2.82. The summed E-state index contributed by atoms with van der Waals surface area (Å²) >= 11 is 1.56. The number of aromatic nitrogens is 2. The lowest BCUT2D eigenvalue weighted by Gasteiger charge is -2.00. The van der Waals surface area contributed by atoms with Gasteiger partial charge in [-0.2, -0.15) is 0 Å². The fourth-order valence-electron chi connectivity index (χ4n) is 1.82. The number of thiazole rings is 1. The molecule has 0 aliphatic rings. The molecule has 2 heterocycles. The number of carbonyl (C=O) groups is 1. The first-order chi connectivity index (χ1) is 9.24. The van der Waals surface area contributed by atoms with E-state index in [0.29, 0.717) is 10.7 Å². The average molecular weight is 275 g/mol. The van der Waals surface area contributed by atoms with E-state index in [9.17, 15) is 4.79 Å². The summed E-state index contributed by atoms with van der Waals surface area (Å²) in [5.41, 5.74) is 1.71. The molecule has 0 saturated carbocycles. The lowest BCUT2D eigenvalue weighted by Crippen LogP contribution is -2.11. The quantitative estimate of drug-likeness (QED) is 0.910. The first-order valence-electron chi connectivity index (χ1n) is 6.44. The third-order valence-corrected chi connectivity index (χ3v) is 3.91. The maximum atomic E-state index is 12.0. The highest BCUT2D eigenvalue weighted by molar-refractivity contribution is 7.15. The van der Waals surface area contributed by atoms with E-state index in [-0.39, 0.29) is 5.91 Å². The van der Waals surface area contributed by atoms with Crippen molar-refractivity contribution in [3.8, 4) is 0 Å². The number of pyridine rings is 1. The molecule has 0 unspecified atom stereocenters. The number of rotatable bonds is 5. The van der Waals surface area contributed by atoms with E-state index >= 15 is 0 Å². The number of nitrogens with zero attached hydrogens (tertiary/aromatic N) is 2. The van der Waals surface area contributed by atoms with Crippen LogP contribution in [0.4, 0.5) is 5.13 Å². The summed E-state index contributed by atoms with van der Waals surface area (Å²) in [6.07, 6.45) is 6.20. The molecule has 19 heavy (non-hydrogen) atoms. The largest absolute Gasteiger partial charge is 0.298 e. The van der Waals surface area contributed by atoms with Crippen LogP contribution >= 0.6 is 11.3 Å². The van der Waals surface area contributed by atoms with Crippen LogP contribution in [-0.2, 0) is 12.8 Å². The molecule has 100 valence electrons. The molecular weight excluding hydrogens is 258 g/mol. The third-order valence-electron chi connectivity index (χ3n) is 2.75. The van der Waals surface area contributed by atoms with Crippen molar-refractivity contribution in [3.63, 3.8) is 0 Å². The summed E-state index contributed by atoms with van der Waals surface area (Å²) in [4.78, 5) is 21.7. The van der Waals surface area contributed by atoms with Gasteiger partial charge in [0.05, 0.1) is 5.69 Å². The Morgan fingerprint density at radius 3 is 2.68 bits per heavy atom. The van der Waals surface area contributed by atoms with Gasteiger partial charge >= 0.3 is 0 Å². The Bertz CT molecular complexity index is 551. The zero-order chi connectivity index (χ0) is 13.7. The van der Waals surface area contributed by atoms with Crippen LogP contribution in [-0.4, -0.2) is 15.9 Å². The molecule has 1 N–H and O–H groups in total. The molecule has 0 spiro atoms. The number of amides is 1. The monoisotopic (exact) mass is 275 g/mol. The summed E-state index contributed by atoms with van der Waals surface area (Å²) < 4.78 is 0. The van der Waals surface area contributed by atoms with Crippen molar-refractivity contribution in [3.05, 3.63) is 40.7 Å². The number of aryl methyl sites for hydroxylation is 2. The predicted molar refractivity (Wildman–Crippen MR) is 77.7 cm³/mol. The Balaban J connectivity index is 2.13. The van der Waals surface area contributed by atoms with Crippen LogP contribution < -0.4 is 5.32 Å². The van der Waals surface area contributed by atoms with Gasteiger partial charge in [-0.15, -0.1) is 11.3 Å². The van der Waals surface area contributed by atoms with Gasteiger partial charge in [-0.1, -0.05) is 20.3 Å². The zero-order valence-corrected chi connectivity index (χ0v) is 12.0. The zero-order valence-electron chi connectivity index (χ0n) is 11.1. The normalized spacial score (nSPS) is 10.4. The first-order valence-corrected chi connectivity index (χ1v) is 7.26. The van der Waals surface area contributed by atoms with Gasteiger partial charge in [-0.3, -0.25) is 15.1 Å². The maximum Gasteiger partial charge on any atom is 0.257 e. The second-order valence-corrected chi connectivity index (χ2v) is 5.27. The Hall–Kier alpha value is -1.75. The van der Waals surface area contributed by atoms with Crippen molar-refractivity contribution < 1.29 is 4.79 Å². The van der Waals surface area contributed by atoms with Gasteiger partial charge in [0.25, 0.3) is 5.91 Å². The Morgan fingerprint density at radius 2 is 2.05 bits per heavy atom. The smallest absolute Gasteiger partial charge is 0.257 e. The van der Waals surface area contributed by atoms with E-state index in [1.165, 1.54) is 4.88 Å². The molecule has 4 nitrogen and oxygen atoms in total. The standard InChI is InChI=1S/C14H17N3OS/c1-3-5-11-12(4-2)19-14(16-11)17-13(18)10-6-8-15-9-7-10/h6-9H,3-5H2,1-2H3,(H,16,17,18). The van der Waals surface area contributed by atoms with Gasteiger partial charge in [-0.25, -0.2) is 4.98 Å². The van der Waals surface area contributed by atoms with Crippen LogP contribution in [0.5, 0.6) is 0 Å². The summed E-state index contributed by atoms with van der Waals surface area (Å²) in [5.74, 6) is -0.137. The van der Waals surface area contributed by atoms with Gasteiger partial charge < -0.3 is 0 Å². The Kier molecular flexibility index (Phi) is 4.63. The highest BCUT2D eigenvalue weighted by Gasteiger charge is 2.12. The number of nitrogens with one attached hydrogen (secondary N) is 1. The predicted octanol–water partition coefficient (Wildman–Crippen LogP) is 3.31. The fourth-order valence-corrected chi connectivity index (χ4v) is 2.76. The molecule has 0 saturated heterocycles. The molecule has 0 radical (unpaired) electrons. The number of hydrogen-bond acceptors (Lipinski definition) is 4. The van der Waals surface area contributed by atoms with Crippen LogP contribution in [0, 0.1) is 0 Å². The molecule has 0 aromatic carbocycles. The lowest BCUT2D eigenvalue weighted by atomic mass is 10.2. The van der Waals surface area contributed by atoms with Crippen molar-refractivity contribution in [2.45, 2.75) is 33.1 Å². The highest BCUT2D eigenvalue weighted by Crippen LogP contribution is 2.25. The van der Waals surface area contributed by atoms with E-state index in [1.807, 2.05) is 0 Å². The van der Waals surface area contributed by atoms with Crippen molar-refractivity contribution >= 4 is 22.4 Å². The molecule has 2 rings (SSSR count). The van der Waals surface area contributed by atoms with Gasteiger partial charge in [0.15, 0.2) is 5.13 Å². The van der Waals surface area contributed by atoms with E-state index in [0.717, 1.165) is 25.0 Å². The van der Waals surface area contributed by atoms with Crippen LogP contribution in [0.3, 0.4) is 0 Å². The van der Waals surface area contributed by atoms with Crippen molar-refractivity contribution in [2.24, 2.45) is 0 Å². The van der Waals surface area contributed by atoms with Crippen molar-refractivity contribution in [1.82, 2.24) is 9.97 Å². The summed E-state index contributed by atoms with van der Waals surface area (Å²) in [5, 5.41) is 3.53. The van der Waals surface area contributed by atoms with Crippen molar-refractivity contribution in [2.75, 3.05) is 5.32 Å². The summed E-state index contributed by atoms with van der Waals surface area (Å²) in [7, 11) is 0. The molecule has 1 amide bonds. The number of hydrogen-bond donors (Lipinski definition) is 1. The topological polar surface area (TPSA) is 54.9 Å². The summed E-state index contributed by atoms with van der Waals surface area (Å²) in [6.45, 7) is 4.25. The third kappa shape index (κ3) is 3.38. The van der Waals surface area contributed by atoms with E-state index < -0.39 is 0 Å². The maximum absolute atomic E-state index is 12.0. The van der Waals surface area contributed by atoms with Crippen LogP contribution in [0.2, 0.25) is 0 Å². The fraction of sp³-hybridized carbons (Fsp3) is 0.357. The van der Waals surface area contributed by atoms with E-state index in [1.54, 1.807) is 35.9 Å². The van der Waals surface area contributed by atoms with Gasteiger partial charge in [0.1, 0.15) is 0 Å². The van der Waals surface area contributed by atoms with Gasteiger partial charge in [0.2, 0.25) is 0 Å². The van der Waals surface area contributed by atoms with Crippen LogP contribution in [0.15, 0.2) is 24.5 Å². The lowest BCUT2D eigenvalue weighted by molar-refractivity contribution is 0.102. The second kappa shape index (κ2) is 6.43. The van der Waals surface area contributed by atoms with Crippen LogP contribution in [0.1, 0.15) is 41.2 Å². The highest BCUT2D eigenvalue weighted by atomic mass is 32.1. The van der Waals surface area contributed by atoms with Gasteiger partial charge in [0, 0.05) is 22.8 Å². The Labute approximate surface area is 116 Å². The molecular formula is C14H17N3OS. The number of carbonyl (C=O) groups excluding carboxylic acids is 1. The van der Waals surface area contributed by atoms with E-state index in [4.69, 9.17) is 0 Å². The van der Waals surface area contributed by atoms with E-state index in [2.05, 4.69) is 29.1 Å². The number of anilines is 1. The van der Waals surface area contributed by atoms with Crippen LogP contribution in [0.25, 0.3) is 0 Å². The molecule has 2 aromatic heterocycles. The minimum absolute atomic E-state index is 0.137. The molecule has 0 fully saturated rings.